The Morgan fingerprint density at radius 1 is 1.25 bits per heavy atom. The maximum Gasteiger partial charge on any atom is 0.417 e. The molecule has 0 aliphatic heterocycles. The van der Waals surface area contributed by atoms with E-state index in [-0.39, 0.29) is 11.2 Å². The minimum Gasteiger partial charge on any atom is -0.253 e. The molecule has 0 fully saturated rings. The number of nitrogens with zero attached hydrogens (tertiary/aromatic N) is 2. The monoisotopic (exact) mass is 327 g/mol. The summed E-state index contributed by atoms with van der Waals surface area (Å²) in [6, 6.07) is 1.29. The van der Waals surface area contributed by atoms with Gasteiger partial charge in [-0.25, -0.2) is 12.8 Å². The summed E-state index contributed by atoms with van der Waals surface area (Å²) in [6.07, 6.45) is -5.01. The van der Waals surface area contributed by atoms with Crippen LogP contribution < -0.4 is 4.72 Å². The summed E-state index contributed by atoms with van der Waals surface area (Å²) in [5.41, 5.74) is -0.387. The molecule has 0 unspecified atom stereocenters. The predicted octanol–water partition coefficient (Wildman–Crippen LogP) is 2.50. The molecule has 108 valence electrons. The number of alkyl halides is 3. The lowest BCUT2D eigenvalue weighted by molar-refractivity contribution is -0.140. The van der Waals surface area contributed by atoms with E-state index < -0.39 is 32.5 Å². The van der Waals surface area contributed by atoms with Gasteiger partial charge in [0.05, 0.1) is 10.5 Å². The summed E-state index contributed by atoms with van der Waals surface area (Å²) < 4.78 is 76.8. The number of aromatic nitrogens is 2. The zero-order chi connectivity index (χ0) is 15.0. The Labute approximate surface area is 114 Å². The van der Waals surface area contributed by atoms with Crippen molar-refractivity contribution in [2.75, 3.05) is 4.72 Å². The second kappa shape index (κ2) is 4.98. The molecule has 1 heterocycles. The maximum absolute atomic E-state index is 12.9. The van der Waals surface area contributed by atoms with Crippen molar-refractivity contribution in [2.24, 2.45) is 0 Å². The molecular formula is C9H5F4N3O2S2. The molecule has 0 aliphatic carbocycles. The fourth-order valence-corrected chi connectivity index (χ4v) is 3.25. The first-order valence-electron chi connectivity index (χ1n) is 4.86. The van der Waals surface area contributed by atoms with Crippen molar-refractivity contribution in [2.45, 2.75) is 11.1 Å². The number of rotatable bonds is 3. The SMILES string of the molecule is O=S(=O)(Nc1nncs1)c1ccc(F)cc1C(F)(F)F. The third-order valence-electron chi connectivity index (χ3n) is 2.12. The molecule has 11 heteroatoms. The van der Waals surface area contributed by atoms with Crippen LogP contribution in [0.2, 0.25) is 0 Å². The Morgan fingerprint density at radius 2 is 1.95 bits per heavy atom. The molecule has 0 amide bonds. The molecule has 20 heavy (non-hydrogen) atoms. The zero-order valence-corrected chi connectivity index (χ0v) is 11.0. The number of nitrogens with one attached hydrogen (secondary N) is 1. The van der Waals surface area contributed by atoms with Crippen molar-refractivity contribution in [3.8, 4) is 0 Å². The fourth-order valence-electron chi connectivity index (χ4n) is 1.35. The van der Waals surface area contributed by atoms with Crippen molar-refractivity contribution < 1.29 is 26.0 Å². The van der Waals surface area contributed by atoms with Crippen LogP contribution in [0.5, 0.6) is 0 Å². The molecule has 0 aliphatic rings. The first-order chi connectivity index (χ1) is 9.20. The molecule has 1 N–H and O–H groups in total. The molecule has 0 atom stereocenters. The first-order valence-corrected chi connectivity index (χ1v) is 7.22. The van der Waals surface area contributed by atoms with E-state index in [1.54, 1.807) is 0 Å². The van der Waals surface area contributed by atoms with Crippen LogP contribution in [-0.2, 0) is 16.2 Å². The van der Waals surface area contributed by atoms with Crippen molar-refractivity contribution in [3.05, 3.63) is 35.1 Å². The topological polar surface area (TPSA) is 72.0 Å². The van der Waals surface area contributed by atoms with E-state index in [4.69, 9.17) is 0 Å². The van der Waals surface area contributed by atoms with Crippen LogP contribution in [0.4, 0.5) is 22.7 Å². The highest BCUT2D eigenvalue weighted by Crippen LogP contribution is 2.35. The zero-order valence-electron chi connectivity index (χ0n) is 9.35. The van der Waals surface area contributed by atoms with E-state index in [9.17, 15) is 26.0 Å². The van der Waals surface area contributed by atoms with E-state index in [1.807, 2.05) is 4.72 Å². The lowest BCUT2D eigenvalue weighted by Crippen LogP contribution is -2.19. The van der Waals surface area contributed by atoms with Crippen molar-refractivity contribution in [1.82, 2.24) is 10.2 Å². The highest BCUT2D eigenvalue weighted by molar-refractivity contribution is 7.93. The molecular weight excluding hydrogens is 322 g/mol. The van der Waals surface area contributed by atoms with E-state index in [0.717, 1.165) is 11.3 Å². The minimum atomic E-state index is -5.01. The van der Waals surface area contributed by atoms with Crippen LogP contribution in [0, 0.1) is 5.82 Å². The molecule has 1 aromatic carbocycles. The molecule has 0 saturated carbocycles. The van der Waals surface area contributed by atoms with Gasteiger partial charge in [-0.1, -0.05) is 11.3 Å². The highest BCUT2D eigenvalue weighted by Gasteiger charge is 2.37. The Kier molecular flexibility index (Phi) is 3.65. The van der Waals surface area contributed by atoms with Gasteiger partial charge in [-0.2, -0.15) is 13.2 Å². The summed E-state index contributed by atoms with van der Waals surface area (Å²) in [5.74, 6) is -1.19. The van der Waals surface area contributed by atoms with Crippen LogP contribution in [0.1, 0.15) is 5.56 Å². The van der Waals surface area contributed by atoms with Crippen molar-refractivity contribution in [1.29, 1.82) is 0 Å². The second-order valence-corrected chi connectivity index (χ2v) is 5.97. The number of benzene rings is 1. The number of anilines is 1. The molecule has 2 rings (SSSR count). The lowest BCUT2D eigenvalue weighted by Gasteiger charge is -2.13. The Balaban J connectivity index is 2.52. The van der Waals surface area contributed by atoms with E-state index in [0.29, 0.717) is 12.1 Å². The third-order valence-corrected chi connectivity index (χ3v) is 4.25. The minimum absolute atomic E-state index is 0.120. The van der Waals surface area contributed by atoms with Gasteiger partial charge in [-0.15, -0.1) is 10.2 Å². The van der Waals surface area contributed by atoms with E-state index >= 15 is 0 Å². The largest absolute Gasteiger partial charge is 0.417 e. The van der Waals surface area contributed by atoms with Gasteiger partial charge in [-0.3, -0.25) is 4.72 Å². The van der Waals surface area contributed by atoms with Crippen LogP contribution in [0.15, 0.2) is 28.6 Å². The average Bonchev–Trinajstić information content (AvgIpc) is 2.79. The summed E-state index contributed by atoms with van der Waals surface area (Å²) in [7, 11) is -4.54. The van der Waals surface area contributed by atoms with Crippen molar-refractivity contribution >= 4 is 26.5 Å². The number of hydrogen-bond acceptors (Lipinski definition) is 5. The quantitative estimate of drug-likeness (QED) is 0.879. The summed E-state index contributed by atoms with van der Waals surface area (Å²) in [6.45, 7) is 0. The second-order valence-electron chi connectivity index (χ2n) is 3.49. The fraction of sp³-hybridized carbons (Fsp3) is 0.111. The van der Waals surface area contributed by atoms with Crippen LogP contribution in [0.3, 0.4) is 0 Å². The number of sulfonamides is 1. The van der Waals surface area contributed by atoms with Crippen molar-refractivity contribution in [3.63, 3.8) is 0 Å². The molecule has 0 bridgehead atoms. The van der Waals surface area contributed by atoms with Gasteiger partial charge >= 0.3 is 6.18 Å². The van der Waals surface area contributed by atoms with Gasteiger partial charge in [0.2, 0.25) is 5.13 Å². The van der Waals surface area contributed by atoms with Crippen LogP contribution >= 0.6 is 11.3 Å². The highest BCUT2D eigenvalue weighted by atomic mass is 32.2. The van der Waals surface area contributed by atoms with Gasteiger partial charge in [0, 0.05) is 0 Å². The van der Waals surface area contributed by atoms with Crippen LogP contribution in [-0.4, -0.2) is 18.6 Å². The Bertz CT molecular complexity index is 713. The van der Waals surface area contributed by atoms with Gasteiger partial charge in [0.1, 0.15) is 11.3 Å². The normalized spacial score (nSPS) is 12.4. The molecule has 0 spiro atoms. The predicted molar refractivity (Wildman–Crippen MR) is 62.1 cm³/mol. The molecule has 0 radical (unpaired) electrons. The molecule has 0 saturated heterocycles. The van der Waals surface area contributed by atoms with E-state index in [1.165, 1.54) is 5.51 Å². The number of hydrogen-bond donors (Lipinski definition) is 1. The smallest absolute Gasteiger partial charge is 0.253 e. The van der Waals surface area contributed by atoms with Crippen LogP contribution in [0.25, 0.3) is 0 Å². The standard InChI is InChI=1S/C9H5F4N3O2S2/c10-5-1-2-7(6(3-5)9(11,12)13)20(17,18)16-8-15-14-4-19-8/h1-4H,(H,15,16). The summed E-state index contributed by atoms with van der Waals surface area (Å²) in [4.78, 5) is -1.08. The van der Waals surface area contributed by atoms with Gasteiger partial charge in [0.15, 0.2) is 0 Å². The van der Waals surface area contributed by atoms with Gasteiger partial charge in [0.25, 0.3) is 10.0 Å². The molecule has 1 aromatic heterocycles. The van der Waals surface area contributed by atoms with Gasteiger partial charge in [-0.05, 0) is 18.2 Å². The number of halogens is 4. The Morgan fingerprint density at radius 3 is 2.50 bits per heavy atom. The first kappa shape index (κ1) is 14.7. The molecule has 5 nitrogen and oxygen atoms in total. The maximum atomic E-state index is 12.9. The summed E-state index contributed by atoms with van der Waals surface area (Å²) in [5, 5.41) is 6.51. The lowest BCUT2D eigenvalue weighted by atomic mass is 10.2. The van der Waals surface area contributed by atoms with Gasteiger partial charge < -0.3 is 0 Å². The average molecular weight is 327 g/mol. The Hall–Kier alpha value is -1.75. The molecule has 2 aromatic rings. The third kappa shape index (κ3) is 3.04. The van der Waals surface area contributed by atoms with E-state index in [2.05, 4.69) is 10.2 Å². The summed E-state index contributed by atoms with van der Waals surface area (Å²) >= 11 is 0.793.